The van der Waals surface area contributed by atoms with Crippen LogP contribution in [0.3, 0.4) is 0 Å². The highest BCUT2D eigenvalue weighted by Gasteiger charge is 2.05. The van der Waals surface area contributed by atoms with E-state index in [1.54, 1.807) is 12.4 Å². The average Bonchev–Trinajstić information content (AvgIpc) is 2.40. The number of halogens is 1. The second-order valence-electron chi connectivity index (χ2n) is 4.22. The molecular formula is C14H16FN3. The van der Waals surface area contributed by atoms with Gasteiger partial charge in [-0.05, 0) is 43.1 Å². The third-order valence-electron chi connectivity index (χ3n) is 2.81. The molecule has 0 aliphatic carbocycles. The summed E-state index contributed by atoms with van der Waals surface area (Å²) >= 11 is 0. The highest BCUT2D eigenvalue weighted by atomic mass is 19.1. The first-order valence-electron chi connectivity index (χ1n) is 5.98. The molecule has 0 aromatic carbocycles. The molecule has 4 heteroatoms. The molecule has 1 unspecified atom stereocenters. The van der Waals surface area contributed by atoms with Crippen molar-refractivity contribution in [3.63, 3.8) is 0 Å². The fraction of sp³-hybridized carbons (Fsp3) is 0.286. The Kier molecular flexibility index (Phi) is 4.36. The lowest BCUT2D eigenvalue weighted by atomic mass is 10.1. The smallest absolute Gasteiger partial charge is 0.141 e. The monoisotopic (exact) mass is 245 g/mol. The topological polar surface area (TPSA) is 37.8 Å². The lowest BCUT2D eigenvalue weighted by molar-refractivity contribution is 0.563. The van der Waals surface area contributed by atoms with E-state index in [9.17, 15) is 4.39 Å². The van der Waals surface area contributed by atoms with Crippen LogP contribution in [0.1, 0.15) is 24.1 Å². The van der Waals surface area contributed by atoms with Crippen LogP contribution in [0.2, 0.25) is 0 Å². The van der Waals surface area contributed by atoms with Crippen molar-refractivity contribution >= 4 is 0 Å². The van der Waals surface area contributed by atoms with E-state index in [-0.39, 0.29) is 11.9 Å². The van der Waals surface area contributed by atoms with Gasteiger partial charge in [0, 0.05) is 24.6 Å². The Morgan fingerprint density at radius 2 is 2.17 bits per heavy atom. The van der Waals surface area contributed by atoms with Crippen LogP contribution in [0.25, 0.3) is 0 Å². The first-order chi connectivity index (χ1) is 8.75. The van der Waals surface area contributed by atoms with Crippen molar-refractivity contribution in [2.45, 2.75) is 19.4 Å². The highest BCUT2D eigenvalue weighted by molar-refractivity contribution is 5.14. The van der Waals surface area contributed by atoms with Gasteiger partial charge < -0.3 is 5.32 Å². The lowest BCUT2D eigenvalue weighted by Gasteiger charge is -2.13. The van der Waals surface area contributed by atoms with Crippen molar-refractivity contribution in [2.24, 2.45) is 0 Å². The fourth-order valence-corrected chi connectivity index (χ4v) is 1.76. The van der Waals surface area contributed by atoms with E-state index in [0.717, 1.165) is 18.5 Å². The maximum atomic E-state index is 13.0. The van der Waals surface area contributed by atoms with Gasteiger partial charge in [0.15, 0.2) is 0 Å². The summed E-state index contributed by atoms with van der Waals surface area (Å²) in [6.07, 6.45) is 7.42. The molecule has 3 nitrogen and oxygen atoms in total. The van der Waals surface area contributed by atoms with Gasteiger partial charge in [-0.3, -0.25) is 9.97 Å². The van der Waals surface area contributed by atoms with Gasteiger partial charge in [-0.2, -0.15) is 0 Å². The van der Waals surface area contributed by atoms with Crippen LogP contribution >= 0.6 is 0 Å². The molecule has 2 aromatic rings. The van der Waals surface area contributed by atoms with E-state index in [1.807, 2.05) is 25.3 Å². The minimum Gasteiger partial charge on any atom is -0.310 e. The number of rotatable bonds is 5. The number of hydrogen-bond donors (Lipinski definition) is 1. The Morgan fingerprint density at radius 3 is 2.89 bits per heavy atom. The zero-order valence-electron chi connectivity index (χ0n) is 10.3. The van der Waals surface area contributed by atoms with Gasteiger partial charge >= 0.3 is 0 Å². The second-order valence-corrected chi connectivity index (χ2v) is 4.22. The Labute approximate surface area is 106 Å². The van der Waals surface area contributed by atoms with Crippen molar-refractivity contribution < 1.29 is 4.39 Å². The first-order valence-corrected chi connectivity index (χ1v) is 5.98. The molecule has 2 heterocycles. The molecule has 1 atom stereocenters. The molecule has 0 radical (unpaired) electrons. The van der Waals surface area contributed by atoms with Crippen molar-refractivity contribution in [1.82, 2.24) is 15.3 Å². The molecule has 2 aromatic heterocycles. The maximum Gasteiger partial charge on any atom is 0.141 e. The van der Waals surface area contributed by atoms with Gasteiger partial charge in [-0.15, -0.1) is 0 Å². The van der Waals surface area contributed by atoms with E-state index in [4.69, 9.17) is 0 Å². The van der Waals surface area contributed by atoms with E-state index in [2.05, 4.69) is 15.3 Å². The minimum absolute atomic E-state index is 0.0878. The van der Waals surface area contributed by atoms with Gasteiger partial charge in [0.1, 0.15) is 5.82 Å². The first kappa shape index (κ1) is 12.6. The molecule has 94 valence electrons. The second kappa shape index (κ2) is 6.21. The van der Waals surface area contributed by atoms with Gasteiger partial charge in [0.2, 0.25) is 0 Å². The summed E-state index contributed by atoms with van der Waals surface area (Å²) in [4.78, 5) is 7.91. The van der Waals surface area contributed by atoms with E-state index in [0.29, 0.717) is 0 Å². The van der Waals surface area contributed by atoms with Crippen LogP contribution in [-0.2, 0) is 6.42 Å². The number of hydrogen-bond acceptors (Lipinski definition) is 3. The molecule has 0 bridgehead atoms. The Balaban J connectivity index is 1.83. The third kappa shape index (κ3) is 3.60. The largest absolute Gasteiger partial charge is 0.310 e. The highest BCUT2D eigenvalue weighted by Crippen LogP contribution is 2.11. The predicted molar refractivity (Wildman–Crippen MR) is 68.6 cm³/mol. The van der Waals surface area contributed by atoms with E-state index >= 15 is 0 Å². The fourth-order valence-electron chi connectivity index (χ4n) is 1.76. The standard InChI is InChI=1S/C14H16FN3/c1-11(13-7-14(15)10-17-9-13)18-6-4-12-3-2-5-16-8-12/h2-3,5,7-11,18H,4,6H2,1H3. The third-order valence-corrected chi connectivity index (χ3v) is 2.81. The quantitative estimate of drug-likeness (QED) is 0.879. The molecule has 0 amide bonds. The molecule has 2 rings (SSSR count). The van der Waals surface area contributed by atoms with Crippen LogP contribution in [0.15, 0.2) is 43.0 Å². The van der Waals surface area contributed by atoms with Crippen LogP contribution in [0, 0.1) is 5.82 Å². The van der Waals surface area contributed by atoms with Crippen molar-refractivity contribution in [1.29, 1.82) is 0 Å². The molecule has 0 spiro atoms. The predicted octanol–water partition coefficient (Wildman–Crippen LogP) is 2.51. The molecule has 0 saturated carbocycles. The number of nitrogens with zero attached hydrogens (tertiary/aromatic N) is 2. The molecule has 18 heavy (non-hydrogen) atoms. The number of nitrogens with one attached hydrogen (secondary N) is 1. The van der Waals surface area contributed by atoms with Gasteiger partial charge in [0.05, 0.1) is 6.20 Å². The summed E-state index contributed by atoms with van der Waals surface area (Å²) in [5.74, 6) is -0.298. The normalized spacial score (nSPS) is 12.3. The number of aromatic nitrogens is 2. The van der Waals surface area contributed by atoms with Crippen LogP contribution < -0.4 is 5.32 Å². The maximum absolute atomic E-state index is 13.0. The van der Waals surface area contributed by atoms with Crippen LogP contribution in [0.4, 0.5) is 4.39 Å². The Hall–Kier alpha value is -1.81. The summed E-state index contributed by atoms with van der Waals surface area (Å²) in [5, 5.41) is 3.34. The van der Waals surface area contributed by atoms with Crippen molar-refractivity contribution in [2.75, 3.05) is 6.54 Å². The molecule has 1 N–H and O–H groups in total. The minimum atomic E-state index is -0.298. The number of pyridine rings is 2. The average molecular weight is 245 g/mol. The molecule has 0 aliphatic heterocycles. The van der Waals surface area contributed by atoms with Crippen LogP contribution in [0.5, 0.6) is 0 Å². The van der Waals surface area contributed by atoms with Crippen LogP contribution in [-0.4, -0.2) is 16.5 Å². The molecule has 0 fully saturated rings. The molecule has 0 aliphatic rings. The Morgan fingerprint density at radius 1 is 1.28 bits per heavy atom. The van der Waals surface area contributed by atoms with Crippen molar-refractivity contribution in [3.05, 3.63) is 59.9 Å². The molecule has 0 saturated heterocycles. The Bertz CT molecular complexity index is 487. The summed E-state index contributed by atoms with van der Waals surface area (Å²) in [7, 11) is 0. The van der Waals surface area contributed by atoms with Gasteiger partial charge in [0.25, 0.3) is 0 Å². The van der Waals surface area contributed by atoms with Crippen molar-refractivity contribution in [3.8, 4) is 0 Å². The SMILES string of the molecule is CC(NCCc1cccnc1)c1cncc(F)c1. The zero-order valence-corrected chi connectivity index (χ0v) is 10.3. The lowest BCUT2D eigenvalue weighted by Crippen LogP contribution is -2.21. The zero-order chi connectivity index (χ0) is 12.8. The van der Waals surface area contributed by atoms with E-state index in [1.165, 1.54) is 17.8 Å². The van der Waals surface area contributed by atoms with Gasteiger partial charge in [-0.1, -0.05) is 6.07 Å². The summed E-state index contributed by atoms with van der Waals surface area (Å²) in [5.41, 5.74) is 2.05. The summed E-state index contributed by atoms with van der Waals surface area (Å²) in [6.45, 7) is 2.82. The van der Waals surface area contributed by atoms with Gasteiger partial charge in [-0.25, -0.2) is 4.39 Å². The summed E-state index contributed by atoms with van der Waals surface area (Å²) < 4.78 is 13.0. The summed E-state index contributed by atoms with van der Waals surface area (Å²) in [6, 6.07) is 5.57. The molecular weight excluding hydrogens is 229 g/mol. The van der Waals surface area contributed by atoms with E-state index < -0.39 is 0 Å².